The van der Waals surface area contributed by atoms with Crippen LogP contribution >= 0.6 is 27.3 Å². The van der Waals surface area contributed by atoms with E-state index in [2.05, 4.69) is 26.2 Å². The lowest BCUT2D eigenvalue weighted by Crippen LogP contribution is -2.14. The maximum Gasteiger partial charge on any atom is 0.275 e. The number of nitrogens with one attached hydrogen (secondary N) is 1. The first-order chi connectivity index (χ1) is 8.47. The number of nitrogen functional groups attached to an aromatic ring is 1. The number of aromatic nitrogens is 1. The van der Waals surface area contributed by atoms with Crippen LogP contribution < -0.4 is 11.1 Å². The highest BCUT2D eigenvalue weighted by Gasteiger charge is 2.16. The maximum absolute atomic E-state index is 13.5. The monoisotopic (exact) mass is 333 g/mol. The topological polar surface area (TPSA) is 68.0 Å². The lowest BCUT2D eigenvalue weighted by molar-refractivity contribution is 0.102. The quantitative estimate of drug-likeness (QED) is 0.887. The van der Waals surface area contributed by atoms with E-state index in [-0.39, 0.29) is 15.3 Å². The van der Waals surface area contributed by atoms with Crippen molar-refractivity contribution < 1.29 is 13.6 Å². The largest absolute Gasteiger partial charge is 0.375 e. The SMILES string of the molecule is Nc1nc(C(=O)Nc2c(F)cc(Br)cc2F)cs1. The summed E-state index contributed by atoms with van der Waals surface area (Å²) < 4.78 is 27.2. The molecule has 0 radical (unpaired) electrons. The number of thiazole rings is 1. The summed E-state index contributed by atoms with van der Waals surface area (Å²) in [5, 5.41) is 3.72. The molecule has 0 unspecified atom stereocenters. The van der Waals surface area contributed by atoms with Crippen LogP contribution in [0.5, 0.6) is 0 Å². The molecule has 18 heavy (non-hydrogen) atoms. The average molecular weight is 334 g/mol. The zero-order valence-electron chi connectivity index (χ0n) is 8.71. The number of carbonyl (C=O) groups excluding carboxylic acids is 1. The van der Waals surface area contributed by atoms with Crippen LogP contribution in [0, 0.1) is 11.6 Å². The van der Waals surface area contributed by atoms with Crippen molar-refractivity contribution in [3.8, 4) is 0 Å². The fourth-order valence-corrected chi connectivity index (χ4v) is 2.18. The molecular formula is C10H6BrF2N3OS. The van der Waals surface area contributed by atoms with Gasteiger partial charge in [-0.25, -0.2) is 13.8 Å². The Morgan fingerprint density at radius 1 is 1.39 bits per heavy atom. The molecule has 0 aliphatic rings. The van der Waals surface area contributed by atoms with E-state index in [1.807, 2.05) is 0 Å². The molecule has 0 spiro atoms. The average Bonchev–Trinajstić information content (AvgIpc) is 2.70. The molecule has 94 valence electrons. The van der Waals surface area contributed by atoms with E-state index in [1.54, 1.807) is 0 Å². The summed E-state index contributed by atoms with van der Waals surface area (Å²) in [4.78, 5) is 15.4. The van der Waals surface area contributed by atoms with Gasteiger partial charge in [0, 0.05) is 9.85 Å². The molecule has 0 aliphatic heterocycles. The second-order valence-corrected chi connectivity index (χ2v) is 5.07. The number of benzene rings is 1. The van der Waals surface area contributed by atoms with Gasteiger partial charge in [0.1, 0.15) is 11.4 Å². The molecule has 0 saturated heterocycles. The zero-order chi connectivity index (χ0) is 13.3. The molecule has 3 N–H and O–H groups in total. The number of anilines is 2. The van der Waals surface area contributed by atoms with Crippen molar-refractivity contribution >= 4 is 44.0 Å². The van der Waals surface area contributed by atoms with Gasteiger partial charge in [0.15, 0.2) is 16.8 Å². The summed E-state index contributed by atoms with van der Waals surface area (Å²) in [5.74, 6) is -2.47. The normalized spacial score (nSPS) is 10.4. The summed E-state index contributed by atoms with van der Waals surface area (Å²) >= 11 is 4.01. The lowest BCUT2D eigenvalue weighted by Gasteiger charge is -2.06. The number of hydrogen-bond acceptors (Lipinski definition) is 4. The first-order valence-electron chi connectivity index (χ1n) is 4.64. The maximum atomic E-state index is 13.5. The van der Waals surface area contributed by atoms with E-state index in [0.29, 0.717) is 0 Å². The van der Waals surface area contributed by atoms with Gasteiger partial charge >= 0.3 is 0 Å². The third-order valence-electron chi connectivity index (χ3n) is 2.00. The first-order valence-corrected chi connectivity index (χ1v) is 6.31. The van der Waals surface area contributed by atoms with Crippen LogP contribution in [0.15, 0.2) is 22.0 Å². The zero-order valence-corrected chi connectivity index (χ0v) is 11.1. The van der Waals surface area contributed by atoms with Crippen LogP contribution in [0.3, 0.4) is 0 Å². The Hall–Kier alpha value is -1.54. The molecule has 0 saturated carbocycles. The Bertz CT molecular complexity index is 594. The van der Waals surface area contributed by atoms with E-state index in [0.717, 1.165) is 23.5 Å². The minimum absolute atomic E-state index is 0.0132. The molecule has 8 heteroatoms. The number of halogens is 3. The van der Waals surface area contributed by atoms with Crippen molar-refractivity contribution in [3.05, 3.63) is 39.3 Å². The molecule has 1 amide bonds. The van der Waals surface area contributed by atoms with Crippen LogP contribution in [0.4, 0.5) is 19.6 Å². The summed E-state index contributed by atoms with van der Waals surface area (Å²) in [7, 11) is 0. The Morgan fingerprint density at radius 3 is 2.50 bits per heavy atom. The lowest BCUT2D eigenvalue weighted by atomic mass is 10.3. The highest BCUT2D eigenvalue weighted by molar-refractivity contribution is 9.10. The van der Waals surface area contributed by atoms with Crippen molar-refractivity contribution in [1.29, 1.82) is 0 Å². The second-order valence-electron chi connectivity index (χ2n) is 3.27. The standard InChI is InChI=1S/C10H6BrF2N3OS/c11-4-1-5(12)8(6(13)2-4)16-9(17)7-3-18-10(14)15-7/h1-3H,(H2,14,15)(H,16,17). The van der Waals surface area contributed by atoms with Gasteiger partial charge in [-0.15, -0.1) is 11.3 Å². The van der Waals surface area contributed by atoms with Crippen LogP contribution in [0.25, 0.3) is 0 Å². The number of nitrogens with zero attached hydrogens (tertiary/aromatic N) is 1. The molecule has 1 heterocycles. The highest BCUT2D eigenvalue weighted by Crippen LogP contribution is 2.24. The van der Waals surface area contributed by atoms with Gasteiger partial charge in [-0.2, -0.15) is 0 Å². The summed E-state index contributed by atoms with van der Waals surface area (Å²) in [6.45, 7) is 0. The number of rotatable bonds is 2. The Labute approximate surface area is 113 Å². The van der Waals surface area contributed by atoms with Crippen LogP contribution in [0.2, 0.25) is 0 Å². The van der Waals surface area contributed by atoms with Crippen molar-refractivity contribution in [2.75, 3.05) is 11.1 Å². The number of amides is 1. The van der Waals surface area contributed by atoms with Gasteiger partial charge in [0.05, 0.1) is 0 Å². The highest BCUT2D eigenvalue weighted by atomic mass is 79.9. The predicted octanol–water partition coefficient (Wildman–Crippen LogP) is 3.02. The molecule has 4 nitrogen and oxygen atoms in total. The second kappa shape index (κ2) is 4.99. The van der Waals surface area contributed by atoms with Crippen molar-refractivity contribution in [2.24, 2.45) is 0 Å². The summed E-state index contributed by atoms with van der Waals surface area (Å²) in [5.41, 5.74) is 4.86. The van der Waals surface area contributed by atoms with Gasteiger partial charge in [0.25, 0.3) is 5.91 Å². The molecule has 1 aromatic carbocycles. The third-order valence-corrected chi connectivity index (χ3v) is 3.13. The molecular weight excluding hydrogens is 328 g/mol. The third kappa shape index (κ3) is 2.65. The number of nitrogens with two attached hydrogens (primary N) is 1. The van der Waals surface area contributed by atoms with Gasteiger partial charge in [0.2, 0.25) is 0 Å². The van der Waals surface area contributed by atoms with Gasteiger partial charge in [-0.05, 0) is 12.1 Å². The number of hydrogen-bond donors (Lipinski definition) is 2. The van der Waals surface area contributed by atoms with Gasteiger partial charge in [-0.1, -0.05) is 15.9 Å². The van der Waals surface area contributed by atoms with Crippen LogP contribution in [-0.2, 0) is 0 Å². The van der Waals surface area contributed by atoms with Crippen molar-refractivity contribution in [1.82, 2.24) is 4.98 Å². The summed E-state index contributed by atoms with van der Waals surface area (Å²) in [6, 6.07) is 2.10. The van der Waals surface area contributed by atoms with E-state index in [9.17, 15) is 13.6 Å². The minimum Gasteiger partial charge on any atom is -0.375 e. The molecule has 0 fully saturated rings. The van der Waals surface area contributed by atoms with Crippen LogP contribution in [0.1, 0.15) is 10.5 Å². The number of carbonyl (C=O) groups is 1. The van der Waals surface area contributed by atoms with E-state index in [1.165, 1.54) is 5.38 Å². The predicted molar refractivity (Wildman–Crippen MR) is 68.5 cm³/mol. The van der Waals surface area contributed by atoms with Gasteiger partial charge in [-0.3, -0.25) is 4.79 Å². The molecule has 1 aromatic heterocycles. The van der Waals surface area contributed by atoms with E-state index in [4.69, 9.17) is 5.73 Å². The molecule has 0 atom stereocenters. The van der Waals surface area contributed by atoms with Crippen molar-refractivity contribution in [3.63, 3.8) is 0 Å². The summed E-state index contributed by atoms with van der Waals surface area (Å²) in [6.07, 6.45) is 0. The first kappa shape index (κ1) is 12.9. The van der Waals surface area contributed by atoms with Crippen LogP contribution in [-0.4, -0.2) is 10.9 Å². The molecule has 0 bridgehead atoms. The Kier molecular flexibility index (Phi) is 3.58. The fraction of sp³-hybridized carbons (Fsp3) is 0. The fourth-order valence-electron chi connectivity index (χ4n) is 1.23. The smallest absolute Gasteiger partial charge is 0.275 e. The van der Waals surface area contributed by atoms with E-state index >= 15 is 0 Å². The molecule has 2 aromatic rings. The Balaban J connectivity index is 2.27. The minimum atomic E-state index is -0.876. The molecule has 2 rings (SSSR count). The van der Waals surface area contributed by atoms with Crippen molar-refractivity contribution in [2.45, 2.75) is 0 Å². The van der Waals surface area contributed by atoms with E-state index < -0.39 is 23.2 Å². The Morgan fingerprint density at radius 2 is 2.00 bits per heavy atom. The molecule has 0 aliphatic carbocycles. The van der Waals surface area contributed by atoms with Gasteiger partial charge < -0.3 is 11.1 Å².